The third kappa shape index (κ3) is 2.76. The molecule has 0 fully saturated rings. The molecule has 0 aromatic heterocycles. The number of hydrogen-bond acceptors (Lipinski definition) is 2. The van der Waals surface area contributed by atoms with Crippen molar-refractivity contribution >= 4 is 15.9 Å². The van der Waals surface area contributed by atoms with Crippen LogP contribution in [-0.2, 0) is 0 Å². The van der Waals surface area contributed by atoms with Crippen LogP contribution >= 0.6 is 15.9 Å². The number of benzene rings is 1. The first kappa shape index (κ1) is 10.6. The van der Waals surface area contributed by atoms with Gasteiger partial charge in [0.25, 0.3) is 0 Å². The monoisotopic (exact) mass is 246 g/mol. The first-order valence-electron chi connectivity index (χ1n) is 4.05. The molecule has 13 heavy (non-hydrogen) atoms. The van der Waals surface area contributed by atoms with Gasteiger partial charge in [0.2, 0.25) is 0 Å². The fourth-order valence-electron chi connectivity index (χ4n) is 1.13. The van der Waals surface area contributed by atoms with Crippen LogP contribution in [0, 0.1) is 5.82 Å². The second-order valence-electron chi connectivity index (χ2n) is 2.85. The van der Waals surface area contributed by atoms with Crippen LogP contribution in [0.25, 0.3) is 0 Å². The number of halogens is 2. The summed E-state index contributed by atoms with van der Waals surface area (Å²) >= 11 is 3.31. The molecular formula is C9H12BrFN2. The van der Waals surface area contributed by atoms with E-state index >= 15 is 0 Å². The van der Waals surface area contributed by atoms with Gasteiger partial charge < -0.3 is 11.5 Å². The van der Waals surface area contributed by atoms with Gasteiger partial charge in [-0.3, -0.25) is 0 Å². The summed E-state index contributed by atoms with van der Waals surface area (Å²) in [5.74, 6) is -0.273. The first-order valence-corrected chi connectivity index (χ1v) is 4.85. The maximum absolute atomic E-state index is 12.8. The first-order chi connectivity index (χ1) is 6.15. The van der Waals surface area contributed by atoms with Crippen LogP contribution in [0.3, 0.4) is 0 Å². The van der Waals surface area contributed by atoms with Gasteiger partial charge in [0.05, 0.1) is 0 Å². The van der Waals surface area contributed by atoms with Gasteiger partial charge >= 0.3 is 0 Å². The second-order valence-corrected chi connectivity index (χ2v) is 3.70. The van der Waals surface area contributed by atoms with Gasteiger partial charge in [-0.15, -0.1) is 0 Å². The molecular weight excluding hydrogens is 235 g/mol. The molecule has 0 bridgehead atoms. The van der Waals surface area contributed by atoms with Crippen molar-refractivity contribution in [1.82, 2.24) is 0 Å². The molecule has 0 saturated carbocycles. The fraction of sp³-hybridized carbons (Fsp3) is 0.333. The summed E-state index contributed by atoms with van der Waals surface area (Å²) in [5, 5.41) is 0. The zero-order chi connectivity index (χ0) is 9.84. The largest absolute Gasteiger partial charge is 0.330 e. The molecule has 2 nitrogen and oxygen atoms in total. The molecule has 0 aliphatic carbocycles. The molecule has 1 rings (SSSR count). The molecule has 0 radical (unpaired) electrons. The van der Waals surface area contributed by atoms with Crippen molar-refractivity contribution in [2.75, 3.05) is 6.54 Å². The van der Waals surface area contributed by atoms with E-state index in [1.165, 1.54) is 12.1 Å². The maximum atomic E-state index is 12.8. The van der Waals surface area contributed by atoms with Gasteiger partial charge in [-0.05, 0) is 36.7 Å². The third-order valence-electron chi connectivity index (χ3n) is 1.84. The summed E-state index contributed by atoms with van der Waals surface area (Å²) in [6.45, 7) is 0.504. The Morgan fingerprint density at radius 1 is 1.46 bits per heavy atom. The Balaban J connectivity index is 2.91. The standard InChI is InChI=1S/C9H12BrFN2/c10-8-2-1-6(11)5-7(8)9(13)3-4-12/h1-2,5,9H,3-4,12-13H2/t9-/m0/s1. The van der Waals surface area contributed by atoms with E-state index in [0.29, 0.717) is 13.0 Å². The second kappa shape index (κ2) is 4.69. The minimum atomic E-state index is -0.273. The topological polar surface area (TPSA) is 52.0 Å². The van der Waals surface area contributed by atoms with Crippen LogP contribution in [-0.4, -0.2) is 6.54 Å². The summed E-state index contributed by atoms with van der Waals surface area (Å²) in [7, 11) is 0. The maximum Gasteiger partial charge on any atom is 0.123 e. The predicted octanol–water partition coefficient (Wildman–Crippen LogP) is 1.94. The van der Waals surface area contributed by atoms with Crippen molar-refractivity contribution in [2.24, 2.45) is 11.5 Å². The zero-order valence-electron chi connectivity index (χ0n) is 7.13. The van der Waals surface area contributed by atoms with Crippen molar-refractivity contribution in [1.29, 1.82) is 0 Å². The van der Waals surface area contributed by atoms with E-state index in [1.54, 1.807) is 6.07 Å². The minimum Gasteiger partial charge on any atom is -0.330 e. The average molecular weight is 247 g/mol. The lowest BCUT2D eigenvalue weighted by Gasteiger charge is -2.12. The fourth-order valence-corrected chi connectivity index (χ4v) is 1.67. The van der Waals surface area contributed by atoms with E-state index in [4.69, 9.17) is 11.5 Å². The van der Waals surface area contributed by atoms with Crippen LogP contribution < -0.4 is 11.5 Å². The zero-order valence-corrected chi connectivity index (χ0v) is 8.72. The Hall–Kier alpha value is -0.450. The molecule has 0 unspecified atom stereocenters. The Kier molecular flexibility index (Phi) is 3.84. The van der Waals surface area contributed by atoms with E-state index in [2.05, 4.69) is 15.9 Å². The Morgan fingerprint density at radius 2 is 2.15 bits per heavy atom. The van der Waals surface area contributed by atoms with Crippen molar-refractivity contribution in [2.45, 2.75) is 12.5 Å². The van der Waals surface area contributed by atoms with Gasteiger partial charge in [-0.1, -0.05) is 15.9 Å². The van der Waals surface area contributed by atoms with E-state index in [9.17, 15) is 4.39 Å². The third-order valence-corrected chi connectivity index (χ3v) is 2.56. The molecule has 0 spiro atoms. The van der Waals surface area contributed by atoms with Crippen LogP contribution in [0.5, 0.6) is 0 Å². The number of nitrogens with two attached hydrogens (primary N) is 2. The molecule has 4 heteroatoms. The van der Waals surface area contributed by atoms with Gasteiger partial charge in [-0.25, -0.2) is 4.39 Å². The summed E-state index contributed by atoms with van der Waals surface area (Å²) in [5.41, 5.74) is 11.9. The highest BCUT2D eigenvalue weighted by Crippen LogP contribution is 2.24. The van der Waals surface area contributed by atoms with Crippen LogP contribution in [0.15, 0.2) is 22.7 Å². The molecule has 0 aliphatic heterocycles. The van der Waals surface area contributed by atoms with Gasteiger partial charge in [0, 0.05) is 10.5 Å². The lowest BCUT2D eigenvalue weighted by molar-refractivity contribution is 0.610. The summed E-state index contributed by atoms with van der Waals surface area (Å²) in [6, 6.07) is 4.28. The molecule has 1 aromatic rings. The van der Waals surface area contributed by atoms with Crippen molar-refractivity contribution < 1.29 is 4.39 Å². The average Bonchev–Trinajstić information content (AvgIpc) is 2.09. The highest BCUT2D eigenvalue weighted by molar-refractivity contribution is 9.10. The Bertz CT molecular complexity index is 291. The highest BCUT2D eigenvalue weighted by atomic mass is 79.9. The van der Waals surface area contributed by atoms with E-state index in [1.807, 2.05) is 0 Å². The summed E-state index contributed by atoms with van der Waals surface area (Å²) < 4.78 is 13.7. The summed E-state index contributed by atoms with van der Waals surface area (Å²) in [6.07, 6.45) is 0.655. The smallest absolute Gasteiger partial charge is 0.123 e. The lowest BCUT2D eigenvalue weighted by atomic mass is 10.1. The molecule has 0 heterocycles. The number of hydrogen-bond donors (Lipinski definition) is 2. The molecule has 0 saturated heterocycles. The molecule has 1 aromatic carbocycles. The van der Waals surface area contributed by atoms with E-state index in [0.717, 1.165) is 10.0 Å². The minimum absolute atomic E-state index is 0.199. The van der Waals surface area contributed by atoms with Crippen molar-refractivity contribution in [3.8, 4) is 0 Å². The highest BCUT2D eigenvalue weighted by Gasteiger charge is 2.09. The quantitative estimate of drug-likeness (QED) is 0.857. The lowest BCUT2D eigenvalue weighted by Crippen LogP contribution is -2.15. The van der Waals surface area contributed by atoms with Crippen LogP contribution in [0.4, 0.5) is 4.39 Å². The van der Waals surface area contributed by atoms with E-state index < -0.39 is 0 Å². The van der Waals surface area contributed by atoms with Crippen LogP contribution in [0.1, 0.15) is 18.0 Å². The van der Waals surface area contributed by atoms with E-state index in [-0.39, 0.29) is 11.9 Å². The molecule has 72 valence electrons. The van der Waals surface area contributed by atoms with Crippen molar-refractivity contribution in [3.63, 3.8) is 0 Å². The molecule has 0 aliphatic rings. The van der Waals surface area contributed by atoms with Gasteiger partial charge in [-0.2, -0.15) is 0 Å². The SMILES string of the molecule is NCC[C@H](N)c1cc(F)ccc1Br. The molecule has 0 amide bonds. The van der Waals surface area contributed by atoms with Crippen LogP contribution in [0.2, 0.25) is 0 Å². The Labute approximate surface area is 85.2 Å². The Morgan fingerprint density at radius 3 is 2.77 bits per heavy atom. The number of rotatable bonds is 3. The molecule has 4 N–H and O–H groups in total. The molecule has 1 atom stereocenters. The normalized spacial score (nSPS) is 12.9. The van der Waals surface area contributed by atoms with Gasteiger partial charge in [0.1, 0.15) is 5.82 Å². The van der Waals surface area contributed by atoms with Crippen molar-refractivity contribution in [3.05, 3.63) is 34.1 Å². The predicted molar refractivity (Wildman–Crippen MR) is 54.7 cm³/mol. The van der Waals surface area contributed by atoms with Gasteiger partial charge in [0.15, 0.2) is 0 Å². The summed E-state index contributed by atoms with van der Waals surface area (Å²) in [4.78, 5) is 0.